The predicted octanol–water partition coefficient (Wildman–Crippen LogP) is 2.72. The lowest BCUT2D eigenvalue weighted by molar-refractivity contribution is -0.164. The maximum atomic E-state index is 12.2. The van der Waals surface area contributed by atoms with Gasteiger partial charge < -0.3 is 25.3 Å². The number of nitrogen functional groups attached to an aromatic ring is 1. The van der Waals surface area contributed by atoms with Crippen LogP contribution in [0.5, 0.6) is 5.88 Å². The van der Waals surface area contributed by atoms with Crippen LogP contribution in [0.4, 0.5) is 22.1 Å². The molecule has 5 heterocycles. The molecule has 4 N–H and O–H groups in total. The molecule has 0 aromatic carbocycles. The Hall–Kier alpha value is -3.66. The third kappa shape index (κ3) is 3.55. The summed E-state index contributed by atoms with van der Waals surface area (Å²) in [4.78, 5) is 25.4. The van der Waals surface area contributed by atoms with Gasteiger partial charge in [0.05, 0.1) is 18.9 Å². The van der Waals surface area contributed by atoms with Gasteiger partial charge in [-0.2, -0.15) is 0 Å². The molecular formula is C21H22N6O4. The molecule has 1 saturated heterocycles. The van der Waals surface area contributed by atoms with E-state index in [0.29, 0.717) is 55.0 Å². The van der Waals surface area contributed by atoms with Crippen molar-refractivity contribution in [3.63, 3.8) is 0 Å². The number of carbonyl (C=O) groups excluding carboxylic acids is 1. The monoisotopic (exact) mass is 422 g/mol. The topological polar surface area (TPSA) is 134 Å². The summed E-state index contributed by atoms with van der Waals surface area (Å²) in [6.07, 6.45) is 2.73. The van der Waals surface area contributed by atoms with Gasteiger partial charge in [0.1, 0.15) is 23.9 Å². The second kappa shape index (κ2) is 7.24. The van der Waals surface area contributed by atoms with Crippen LogP contribution in [0.1, 0.15) is 12.5 Å². The molecule has 160 valence electrons. The molecule has 5 rings (SSSR count). The van der Waals surface area contributed by atoms with Crippen molar-refractivity contribution >= 4 is 34.2 Å². The zero-order valence-corrected chi connectivity index (χ0v) is 17.2. The summed E-state index contributed by atoms with van der Waals surface area (Å²) in [5.74, 6) is 1.28. The van der Waals surface area contributed by atoms with Crippen LogP contribution in [-0.4, -0.2) is 53.0 Å². The molecule has 3 aromatic rings. The molecule has 0 aliphatic carbocycles. The fraction of sp³-hybridized carbons (Fsp3) is 0.333. The molecule has 3 aromatic heterocycles. The van der Waals surface area contributed by atoms with Crippen LogP contribution >= 0.6 is 0 Å². The van der Waals surface area contributed by atoms with Crippen molar-refractivity contribution in [1.29, 1.82) is 0 Å². The lowest BCUT2D eigenvalue weighted by atomic mass is 10.0. The number of ether oxygens (including phenoxy) is 3. The lowest BCUT2D eigenvalue weighted by Gasteiger charge is -2.36. The number of amides is 1. The number of aromatic nitrogens is 3. The smallest absolute Gasteiger partial charge is 0.413 e. The van der Waals surface area contributed by atoms with Crippen LogP contribution in [0.25, 0.3) is 22.0 Å². The number of hydrogen-bond donors (Lipinski definition) is 3. The molecule has 0 radical (unpaired) electrons. The molecule has 10 nitrogen and oxygen atoms in total. The van der Waals surface area contributed by atoms with Crippen LogP contribution in [-0.2, 0) is 9.47 Å². The van der Waals surface area contributed by atoms with Gasteiger partial charge in [-0.15, -0.1) is 0 Å². The van der Waals surface area contributed by atoms with Crippen molar-refractivity contribution in [2.75, 3.05) is 42.7 Å². The second-order valence-electron chi connectivity index (χ2n) is 7.89. The van der Waals surface area contributed by atoms with Crippen molar-refractivity contribution in [2.24, 2.45) is 0 Å². The highest BCUT2D eigenvalue weighted by atomic mass is 16.6. The Balaban J connectivity index is 1.47. The zero-order chi connectivity index (χ0) is 21.6. The number of fused-ring (bicyclic) bond motifs is 2. The minimum Gasteiger partial charge on any atom is -0.474 e. The van der Waals surface area contributed by atoms with Gasteiger partial charge in [0.2, 0.25) is 5.88 Å². The Morgan fingerprint density at radius 3 is 2.90 bits per heavy atom. The number of nitrogens with zero attached hydrogens (tertiary/aromatic N) is 3. The quantitative estimate of drug-likeness (QED) is 0.582. The molecular weight excluding hydrogens is 400 g/mol. The first-order valence-electron chi connectivity index (χ1n) is 9.92. The van der Waals surface area contributed by atoms with Crippen LogP contribution < -0.4 is 21.1 Å². The zero-order valence-electron chi connectivity index (χ0n) is 17.2. The van der Waals surface area contributed by atoms with E-state index in [1.165, 1.54) is 0 Å². The highest BCUT2D eigenvalue weighted by Crippen LogP contribution is 2.36. The molecule has 31 heavy (non-hydrogen) atoms. The van der Waals surface area contributed by atoms with Gasteiger partial charge in [-0.3, -0.25) is 5.32 Å². The van der Waals surface area contributed by atoms with Gasteiger partial charge >= 0.3 is 6.09 Å². The fourth-order valence-electron chi connectivity index (χ4n) is 3.66. The first-order valence-corrected chi connectivity index (χ1v) is 9.92. The van der Waals surface area contributed by atoms with Gasteiger partial charge in [0.15, 0.2) is 5.60 Å². The lowest BCUT2D eigenvalue weighted by Crippen LogP contribution is -2.51. The SMILES string of the molecule is Cc1c(-c2cc3cc(NC(=O)OC4(C)COC4)ncc3c(N)n2)cnc2c1NCCO2. The first-order chi connectivity index (χ1) is 14.9. The molecule has 0 spiro atoms. The van der Waals surface area contributed by atoms with Gasteiger partial charge in [0, 0.05) is 29.9 Å². The highest BCUT2D eigenvalue weighted by molar-refractivity contribution is 5.96. The van der Waals surface area contributed by atoms with Gasteiger partial charge in [0.25, 0.3) is 0 Å². The molecule has 0 unspecified atom stereocenters. The Bertz CT molecular complexity index is 1190. The number of nitrogens with one attached hydrogen (secondary N) is 2. The molecule has 0 saturated carbocycles. The maximum Gasteiger partial charge on any atom is 0.413 e. The largest absolute Gasteiger partial charge is 0.474 e. The fourth-order valence-corrected chi connectivity index (χ4v) is 3.66. The van der Waals surface area contributed by atoms with E-state index < -0.39 is 11.7 Å². The van der Waals surface area contributed by atoms with E-state index in [9.17, 15) is 4.79 Å². The highest BCUT2D eigenvalue weighted by Gasteiger charge is 2.37. The van der Waals surface area contributed by atoms with E-state index in [1.54, 1.807) is 18.5 Å². The Labute approximate surface area is 178 Å². The Kier molecular flexibility index (Phi) is 4.51. The van der Waals surface area contributed by atoms with Crippen molar-refractivity contribution in [1.82, 2.24) is 15.0 Å². The minimum atomic E-state index is -0.600. The third-order valence-corrected chi connectivity index (χ3v) is 5.35. The van der Waals surface area contributed by atoms with E-state index in [4.69, 9.17) is 19.9 Å². The second-order valence-corrected chi connectivity index (χ2v) is 7.89. The van der Waals surface area contributed by atoms with E-state index in [0.717, 1.165) is 22.2 Å². The van der Waals surface area contributed by atoms with E-state index >= 15 is 0 Å². The number of anilines is 3. The number of rotatable bonds is 3. The van der Waals surface area contributed by atoms with E-state index in [-0.39, 0.29) is 0 Å². The number of hydrogen-bond acceptors (Lipinski definition) is 9. The average molecular weight is 422 g/mol. The predicted molar refractivity (Wildman–Crippen MR) is 115 cm³/mol. The number of pyridine rings is 3. The van der Waals surface area contributed by atoms with Crippen LogP contribution in [0.15, 0.2) is 24.5 Å². The Morgan fingerprint density at radius 1 is 1.29 bits per heavy atom. The first kappa shape index (κ1) is 19.3. The van der Waals surface area contributed by atoms with Gasteiger partial charge in [-0.1, -0.05) is 0 Å². The summed E-state index contributed by atoms with van der Waals surface area (Å²) in [5, 5.41) is 7.46. The standard InChI is InChI=1S/C21H22N6O4/c1-11-13(7-25-19-17(11)23-3-4-30-19)15-5-12-6-16(24-8-14(12)18(22)26-15)27-20(28)31-21(2)9-29-10-21/h5-8,23H,3-4,9-10H2,1-2H3,(H2,22,26)(H,24,27,28). The van der Waals surface area contributed by atoms with Crippen LogP contribution in [0, 0.1) is 6.92 Å². The van der Waals surface area contributed by atoms with Gasteiger partial charge in [-0.25, -0.2) is 19.7 Å². The van der Waals surface area contributed by atoms with Crippen LogP contribution in [0.3, 0.4) is 0 Å². The number of nitrogens with two attached hydrogens (primary N) is 1. The third-order valence-electron chi connectivity index (χ3n) is 5.35. The summed E-state index contributed by atoms with van der Waals surface area (Å²) in [6.45, 7) is 5.86. The van der Waals surface area contributed by atoms with E-state index in [2.05, 4.69) is 25.6 Å². The molecule has 0 atom stereocenters. The summed E-state index contributed by atoms with van der Waals surface area (Å²) in [7, 11) is 0. The molecule has 2 aliphatic heterocycles. The van der Waals surface area contributed by atoms with Gasteiger partial charge in [-0.05, 0) is 36.9 Å². The maximum absolute atomic E-state index is 12.2. The average Bonchev–Trinajstić information content (AvgIpc) is 2.72. The van der Waals surface area contributed by atoms with Crippen molar-refractivity contribution in [2.45, 2.75) is 19.4 Å². The van der Waals surface area contributed by atoms with Crippen molar-refractivity contribution < 1.29 is 19.0 Å². The minimum absolute atomic E-state index is 0.342. The summed E-state index contributed by atoms with van der Waals surface area (Å²) >= 11 is 0. The van der Waals surface area contributed by atoms with Crippen molar-refractivity contribution in [3.05, 3.63) is 30.1 Å². The molecule has 0 bridgehead atoms. The van der Waals surface area contributed by atoms with Crippen molar-refractivity contribution in [3.8, 4) is 17.1 Å². The summed E-state index contributed by atoms with van der Waals surface area (Å²) in [5.41, 5.74) is 8.95. The molecule has 1 amide bonds. The molecule has 2 aliphatic rings. The Morgan fingerprint density at radius 2 is 2.13 bits per heavy atom. The molecule has 10 heteroatoms. The normalized spacial score (nSPS) is 16.5. The van der Waals surface area contributed by atoms with E-state index in [1.807, 2.05) is 19.9 Å². The summed E-state index contributed by atoms with van der Waals surface area (Å²) in [6, 6.07) is 3.63. The summed E-state index contributed by atoms with van der Waals surface area (Å²) < 4.78 is 16.1. The van der Waals surface area contributed by atoms with Crippen LogP contribution in [0.2, 0.25) is 0 Å². The molecule has 1 fully saturated rings. The number of carbonyl (C=O) groups is 1.